The number of rotatable bonds is 6. The third-order valence-corrected chi connectivity index (χ3v) is 4.43. The molecule has 0 aliphatic heterocycles. The quantitative estimate of drug-likeness (QED) is 0.506. The lowest BCUT2D eigenvalue weighted by atomic mass is 10.2. The number of aromatic nitrogens is 2. The van der Waals surface area contributed by atoms with Gasteiger partial charge in [0.2, 0.25) is 5.91 Å². The molecule has 2 N–H and O–H groups in total. The molecule has 0 bridgehead atoms. The van der Waals surface area contributed by atoms with Gasteiger partial charge in [0.25, 0.3) is 5.91 Å². The van der Waals surface area contributed by atoms with Crippen LogP contribution >= 0.6 is 11.6 Å². The van der Waals surface area contributed by atoms with Gasteiger partial charge in [-0.2, -0.15) is 18.3 Å². The van der Waals surface area contributed by atoms with E-state index in [-0.39, 0.29) is 22.1 Å². The molecule has 166 valence electrons. The van der Waals surface area contributed by atoms with Crippen molar-refractivity contribution in [3.05, 3.63) is 77.6 Å². The number of hydrogen-bond donors (Lipinski definition) is 2. The molecule has 3 rings (SSSR count). The Kier molecular flexibility index (Phi) is 6.54. The van der Waals surface area contributed by atoms with Gasteiger partial charge in [-0.3, -0.25) is 9.59 Å². The number of alkyl halides is 3. The minimum Gasteiger partial charge on any atom is -0.497 e. The summed E-state index contributed by atoms with van der Waals surface area (Å²) in [6.45, 7) is 3.32. The van der Waals surface area contributed by atoms with Crippen LogP contribution in [0.5, 0.6) is 5.75 Å². The molecule has 32 heavy (non-hydrogen) atoms. The van der Waals surface area contributed by atoms with E-state index in [9.17, 15) is 22.8 Å². The van der Waals surface area contributed by atoms with Crippen molar-refractivity contribution < 1.29 is 27.5 Å². The van der Waals surface area contributed by atoms with Gasteiger partial charge in [0.1, 0.15) is 5.75 Å². The summed E-state index contributed by atoms with van der Waals surface area (Å²) in [6.07, 6.45) is -3.02. The van der Waals surface area contributed by atoms with Crippen LogP contribution in [0.4, 0.5) is 24.5 Å². The predicted molar refractivity (Wildman–Crippen MR) is 113 cm³/mol. The van der Waals surface area contributed by atoms with Crippen LogP contribution in [-0.4, -0.2) is 28.7 Å². The van der Waals surface area contributed by atoms with Crippen molar-refractivity contribution in [2.75, 3.05) is 17.7 Å². The van der Waals surface area contributed by atoms with Crippen molar-refractivity contribution in [2.24, 2.45) is 0 Å². The first-order valence-corrected chi connectivity index (χ1v) is 9.35. The van der Waals surface area contributed by atoms with Crippen LogP contribution in [0.1, 0.15) is 16.1 Å². The molecule has 0 atom stereocenters. The SMILES string of the molecule is C=CC(=O)Nc1cc(Cl)cc(NC(=O)c2cnn(-c3ccc(OC)cc3)c2C(F)(F)F)c1. The van der Waals surface area contributed by atoms with Gasteiger partial charge in [0.05, 0.1) is 24.6 Å². The number of carbonyl (C=O) groups excluding carboxylic acids is 2. The summed E-state index contributed by atoms with van der Waals surface area (Å²) >= 11 is 5.98. The van der Waals surface area contributed by atoms with Crippen molar-refractivity contribution in [1.29, 1.82) is 0 Å². The van der Waals surface area contributed by atoms with Crippen LogP contribution in [0.3, 0.4) is 0 Å². The van der Waals surface area contributed by atoms with Crippen molar-refractivity contribution >= 4 is 34.8 Å². The third kappa shape index (κ3) is 5.09. The summed E-state index contributed by atoms with van der Waals surface area (Å²) in [5.41, 5.74) is -1.54. The maximum atomic E-state index is 13.8. The van der Waals surface area contributed by atoms with Gasteiger partial charge < -0.3 is 15.4 Å². The average molecular weight is 465 g/mol. The molecule has 1 aromatic heterocycles. The molecule has 0 aliphatic rings. The Balaban J connectivity index is 1.96. The van der Waals surface area contributed by atoms with Gasteiger partial charge in [0, 0.05) is 16.4 Å². The molecule has 2 amide bonds. The molecule has 1 heterocycles. The number of nitrogens with one attached hydrogen (secondary N) is 2. The summed E-state index contributed by atoms with van der Waals surface area (Å²) in [5, 5.41) is 8.71. The fourth-order valence-electron chi connectivity index (χ4n) is 2.83. The van der Waals surface area contributed by atoms with E-state index in [1.165, 1.54) is 49.6 Å². The fourth-order valence-corrected chi connectivity index (χ4v) is 3.07. The van der Waals surface area contributed by atoms with E-state index in [1.54, 1.807) is 0 Å². The van der Waals surface area contributed by atoms with Gasteiger partial charge in [-0.15, -0.1) is 0 Å². The van der Waals surface area contributed by atoms with E-state index >= 15 is 0 Å². The van der Waals surface area contributed by atoms with Gasteiger partial charge in [-0.05, 0) is 48.5 Å². The second-order valence-electron chi connectivity index (χ2n) is 6.39. The lowest BCUT2D eigenvalue weighted by Gasteiger charge is -2.13. The standard InChI is InChI=1S/C21H16ClF3N4O3/c1-3-18(30)27-13-8-12(22)9-14(10-13)28-20(31)17-11-26-29(19(17)21(23,24)25)15-4-6-16(32-2)7-5-15/h3-11H,1H2,2H3,(H,27,30)(H,28,31). The van der Waals surface area contributed by atoms with Crippen LogP contribution in [0.15, 0.2) is 61.3 Å². The molecule has 3 aromatic rings. The number of carbonyl (C=O) groups is 2. The zero-order valence-electron chi connectivity index (χ0n) is 16.5. The Morgan fingerprint density at radius 1 is 1.12 bits per heavy atom. The number of amides is 2. The molecular formula is C21H16ClF3N4O3. The fraction of sp³-hybridized carbons (Fsp3) is 0.0952. The lowest BCUT2D eigenvalue weighted by Crippen LogP contribution is -2.20. The van der Waals surface area contributed by atoms with Crippen LogP contribution in [-0.2, 0) is 11.0 Å². The first-order valence-electron chi connectivity index (χ1n) is 8.97. The normalized spacial score (nSPS) is 11.0. The van der Waals surface area contributed by atoms with E-state index in [1.807, 2.05) is 0 Å². The highest BCUT2D eigenvalue weighted by Gasteiger charge is 2.40. The van der Waals surface area contributed by atoms with E-state index in [2.05, 4.69) is 22.3 Å². The Hall–Kier alpha value is -3.79. The van der Waals surface area contributed by atoms with Gasteiger partial charge in [-0.25, -0.2) is 4.68 Å². The largest absolute Gasteiger partial charge is 0.497 e. The third-order valence-electron chi connectivity index (χ3n) is 4.21. The number of ether oxygens (including phenoxy) is 1. The highest BCUT2D eigenvalue weighted by atomic mass is 35.5. The Labute approximate surface area is 185 Å². The summed E-state index contributed by atoms with van der Waals surface area (Å²) in [6, 6.07) is 9.78. The highest BCUT2D eigenvalue weighted by Crippen LogP contribution is 2.34. The molecule has 0 saturated carbocycles. The molecule has 0 spiro atoms. The predicted octanol–water partition coefficient (Wildman–Crippen LogP) is 4.93. The summed E-state index contributed by atoms with van der Waals surface area (Å²) in [4.78, 5) is 24.2. The van der Waals surface area contributed by atoms with Crippen molar-refractivity contribution in [3.8, 4) is 11.4 Å². The second kappa shape index (κ2) is 9.15. The number of halogens is 4. The Morgan fingerprint density at radius 3 is 2.31 bits per heavy atom. The monoisotopic (exact) mass is 464 g/mol. The summed E-state index contributed by atoms with van der Waals surface area (Å²) in [5.74, 6) is -1.13. The second-order valence-corrected chi connectivity index (χ2v) is 6.83. The topological polar surface area (TPSA) is 85.3 Å². The molecule has 7 nitrogen and oxygen atoms in total. The zero-order valence-corrected chi connectivity index (χ0v) is 17.3. The average Bonchev–Trinajstić information content (AvgIpc) is 3.19. The molecule has 0 saturated heterocycles. The minimum absolute atomic E-state index is 0.0761. The molecule has 0 aliphatic carbocycles. The first-order chi connectivity index (χ1) is 15.1. The van der Waals surface area contributed by atoms with Crippen LogP contribution in [0.25, 0.3) is 5.69 Å². The number of methoxy groups -OCH3 is 1. The smallest absolute Gasteiger partial charge is 0.434 e. The molecular weight excluding hydrogens is 449 g/mol. The molecule has 11 heteroatoms. The van der Waals surface area contributed by atoms with E-state index < -0.39 is 29.2 Å². The summed E-state index contributed by atoms with van der Waals surface area (Å²) < 4.78 is 47.2. The molecule has 0 radical (unpaired) electrons. The van der Waals surface area contributed by atoms with Crippen molar-refractivity contribution in [3.63, 3.8) is 0 Å². The zero-order chi connectivity index (χ0) is 23.5. The van der Waals surface area contributed by atoms with E-state index in [0.29, 0.717) is 10.4 Å². The van der Waals surface area contributed by atoms with Crippen molar-refractivity contribution in [2.45, 2.75) is 6.18 Å². The maximum Gasteiger partial charge on any atom is 0.434 e. The lowest BCUT2D eigenvalue weighted by molar-refractivity contribution is -0.143. The van der Waals surface area contributed by atoms with Crippen LogP contribution in [0, 0.1) is 0 Å². The number of hydrogen-bond acceptors (Lipinski definition) is 4. The molecule has 0 unspecified atom stereocenters. The molecule has 2 aromatic carbocycles. The Bertz CT molecular complexity index is 1170. The highest BCUT2D eigenvalue weighted by molar-refractivity contribution is 6.31. The first kappa shape index (κ1) is 22.9. The Morgan fingerprint density at radius 2 is 1.75 bits per heavy atom. The maximum absolute atomic E-state index is 13.8. The molecule has 0 fully saturated rings. The summed E-state index contributed by atoms with van der Waals surface area (Å²) in [7, 11) is 1.43. The minimum atomic E-state index is -4.87. The number of anilines is 2. The van der Waals surface area contributed by atoms with Crippen LogP contribution in [0.2, 0.25) is 5.02 Å². The number of benzene rings is 2. The van der Waals surface area contributed by atoms with Crippen molar-refractivity contribution in [1.82, 2.24) is 9.78 Å². The van der Waals surface area contributed by atoms with E-state index in [0.717, 1.165) is 12.3 Å². The van der Waals surface area contributed by atoms with Gasteiger partial charge >= 0.3 is 6.18 Å². The van der Waals surface area contributed by atoms with Gasteiger partial charge in [0.15, 0.2) is 5.69 Å². The van der Waals surface area contributed by atoms with Gasteiger partial charge in [-0.1, -0.05) is 18.2 Å². The van der Waals surface area contributed by atoms with E-state index in [4.69, 9.17) is 16.3 Å². The number of nitrogens with zero attached hydrogens (tertiary/aromatic N) is 2. The van der Waals surface area contributed by atoms with Crippen LogP contribution < -0.4 is 15.4 Å².